The fourth-order valence-electron chi connectivity index (χ4n) is 4.78. The van der Waals surface area contributed by atoms with Gasteiger partial charge in [0.25, 0.3) is 0 Å². The molecule has 1 atom stereocenters. The molecule has 5 heteroatoms. The molecule has 1 fully saturated rings. The van der Waals surface area contributed by atoms with E-state index >= 15 is 0 Å². The molecule has 1 N–H and O–H groups in total. The lowest BCUT2D eigenvalue weighted by Crippen LogP contribution is -2.25. The summed E-state index contributed by atoms with van der Waals surface area (Å²) in [6.07, 6.45) is 14.1. The van der Waals surface area contributed by atoms with Crippen molar-refractivity contribution in [2.24, 2.45) is 0 Å². The summed E-state index contributed by atoms with van der Waals surface area (Å²) in [5.41, 5.74) is 5.45. The van der Waals surface area contributed by atoms with E-state index in [1.807, 2.05) is 54.4 Å². The van der Waals surface area contributed by atoms with E-state index in [1.54, 1.807) is 6.08 Å². The standard InChI is InChI=1S/C27H29N3O2/c1-19-17-30(18-28-19)25-14-10-20(16-26(25)32-22-7-3-4-8-22)11-15-27(31)29-24-13-12-21-6-2-5-9-23(21)24/h2,5-6,9-11,14-18,22,24H,3-4,7-8,12-13H2,1H3,(H,29,31). The number of rotatable bonds is 6. The van der Waals surface area contributed by atoms with Crippen LogP contribution in [-0.4, -0.2) is 21.6 Å². The Labute approximate surface area is 189 Å². The predicted molar refractivity (Wildman–Crippen MR) is 126 cm³/mol. The van der Waals surface area contributed by atoms with Gasteiger partial charge in [-0.1, -0.05) is 30.3 Å². The lowest BCUT2D eigenvalue weighted by atomic mass is 10.1. The van der Waals surface area contributed by atoms with Crippen LogP contribution in [0.1, 0.15) is 60.5 Å². The maximum atomic E-state index is 12.6. The number of hydrogen-bond donors (Lipinski definition) is 1. The number of amides is 1. The van der Waals surface area contributed by atoms with Crippen molar-refractivity contribution >= 4 is 12.0 Å². The number of carbonyl (C=O) groups excluding carboxylic acids is 1. The van der Waals surface area contributed by atoms with Gasteiger partial charge in [0.1, 0.15) is 5.75 Å². The minimum Gasteiger partial charge on any atom is -0.488 e. The number of benzene rings is 2. The lowest BCUT2D eigenvalue weighted by Gasteiger charge is -2.17. The molecule has 0 spiro atoms. The molecule has 1 saturated carbocycles. The smallest absolute Gasteiger partial charge is 0.244 e. The summed E-state index contributed by atoms with van der Waals surface area (Å²) in [5.74, 6) is 0.765. The van der Waals surface area contributed by atoms with Crippen LogP contribution >= 0.6 is 0 Å². The summed E-state index contributed by atoms with van der Waals surface area (Å²) in [5, 5.41) is 3.15. The van der Waals surface area contributed by atoms with Gasteiger partial charge in [0.05, 0.1) is 29.9 Å². The summed E-state index contributed by atoms with van der Waals surface area (Å²) in [6, 6.07) is 14.5. The molecule has 164 valence electrons. The average molecular weight is 428 g/mol. The highest BCUT2D eigenvalue weighted by molar-refractivity contribution is 5.92. The second kappa shape index (κ2) is 9.03. The van der Waals surface area contributed by atoms with Gasteiger partial charge < -0.3 is 14.6 Å². The third-order valence-electron chi connectivity index (χ3n) is 6.45. The number of nitrogens with zero attached hydrogens (tertiary/aromatic N) is 2. The normalized spacial score (nSPS) is 18.2. The Hall–Kier alpha value is -3.34. The molecule has 2 aliphatic rings. The summed E-state index contributed by atoms with van der Waals surface area (Å²) < 4.78 is 8.38. The molecule has 1 unspecified atom stereocenters. The van der Waals surface area contributed by atoms with Crippen molar-refractivity contribution in [3.8, 4) is 11.4 Å². The van der Waals surface area contributed by atoms with Gasteiger partial charge in [0, 0.05) is 12.3 Å². The summed E-state index contributed by atoms with van der Waals surface area (Å²) >= 11 is 0. The van der Waals surface area contributed by atoms with E-state index in [0.29, 0.717) is 0 Å². The first kappa shape index (κ1) is 20.6. The van der Waals surface area contributed by atoms with Crippen LogP contribution in [-0.2, 0) is 11.2 Å². The number of carbonyl (C=O) groups is 1. The van der Waals surface area contributed by atoms with Crippen LogP contribution in [0.2, 0.25) is 0 Å². The highest BCUT2D eigenvalue weighted by atomic mass is 16.5. The minimum absolute atomic E-state index is 0.0701. The van der Waals surface area contributed by atoms with Crippen LogP contribution in [0.25, 0.3) is 11.8 Å². The number of aromatic nitrogens is 2. The van der Waals surface area contributed by atoms with Crippen LogP contribution in [0.3, 0.4) is 0 Å². The Kier molecular flexibility index (Phi) is 5.80. The van der Waals surface area contributed by atoms with Crippen molar-refractivity contribution in [2.45, 2.75) is 57.6 Å². The van der Waals surface area contributed by atoms with Crippen molar-refractivity contribution in [2.75, 3.05) is 0 Å². The maximum Gasteiger partial charge on any atom is 0.244 e. The monoisotopic (exact) mass is 427 g/mol. The van der Waals surface area contributed by atoms with Crippen LogP contribution in [0, 0.1) is 6.92 Å². The summed E-state index contributed by atoms with van der Waals surface area (Å²) in [6.45, 7) is 1.98. The van der Waals surface area contributed by atoms with E-state index in [2.05, 4.69) is 28.5 Å². The quantitative estimate of drug-likeness (QED) is 0.542. The van der Waals surface area contributed by atoms with Crippen LogP contribution in [0.5, 0.6) is 5.75 Å². The van der Waals surface area contributed by atoms with Crippen molar-refractivity contribution in [3.63, 3.8) is 0 Å². The topological polar surface area (TPSA) is 56.2 Å². The first-order valence-corrected chi connectivity index (χ1v) is 11.5. The molecule has 0 bridgehead atoms. The zero-order valence-corrected chi connectivity index (χ0v) is 18.5. The molecule has 1 amide bonds. The molecule has 1 heterocycles. The van der Waals surface area contributed by atoms with E-state index in [-0.39, 0.29) is 18.1 Å². The second-order valence-corrected chi connectivity index (χ2v) is 8.81. The van der Waals surface area contributed by atoms with Crippen molar-refractivity contribution in [1.29, 1.82) is 0 Å². The Morgan fingerprint density at radius 1 is 1.16 bits per heavy atom. The molecular formula is C27H29N3O2. The minimum atomic E-state index is -0.0701. The first-order valence-electron chi connectivity index (χ1n) is 11.5. The third-order valence-corrected chi connectivity index (χ3v) is 6.45. The molecule has 32 heavy (non-hydrogen) atoms. The van der Waals surface area contributed by atoms with E-state index in [9.17, 15) is 4.79 Å². The van der Waals surface area contributed by atoms with Gasteiger partial charge in [-0.25, -0.2) is 4.98 Å². The number of hydrogen-bond acceptors (Lipinski definition) is 3. The fourth-order valence-corrected chi connectivity index (χ4v) is 4.78. The molecule has 5 rings (SSSR count). The van der Waals surface area contributed by atoms with Crippen molar-refractivity contribution < 1.29 is 9.53 Å². The Bertz CT molecular complexity index is 1140. The first-order chi connectivity index (χ1) is 15.7. The molecular weight excluding hydrogens is 398 g/mol. The van der Waals surface area contributed by atoms with E-state index < -0.39 is 0 Å². The molecule has 5 nitrogen and oxygen atoms in total. The number of nitrogens with one attached hydrogen (secondary N) is 1. The van der Waals surface area contributed by atoms with E-state index in [1.165, 1.54) is 24.0 Å². The second-order valence-electron chi connectivity index (χ2n) is 8.81. The highest BCUT2D eigenvalue weighted by Gasteiger charge is 2.22. The Morgan fingerprint density at radius 2 is 2.00 bits per heavy atom. The maximum absolute atomic E-state index is 12.6. The zero-order chi connectivity index (χ0) is 21.9. The van der Waals surface area contributed by atoms with Gasteiger partial charge in [-0.15, -0.1) is 0 Å². The number of aryl methyl sites for hydroxylation is 2. The number of fused-ring (bicyclic) bond motifs is 1. The summed E-state index contributed by atoms with van der Waals surface area (Å²) in [7, 11) is 0. The Morgan fingerprint density at radius 3 is 2.81 bits per heavy atom. The zero-order valence-electron chi connectivity index (χ0n) is 18.5. The largest absolute Gasteiger partial charge is 0.488 e. The lowest BCUT2D eigenvalue weighted by molar-refractivity contribution is -0.117. The van der Waals surface area contributed by atoms with Gasteiger partial charge in [0.2, 0.25) is 5.91 Å². The molecule has 0 aliphatic heterocycles. The van der Waals surface area contributed by atoms with E-state index in [4.69, 9.17) is 4.74 Å². The highest BCUT2D eigenvalue weighted by Crippen LogP contribution is 2.32. The van der Waals surface area contributed by atoms with E-state index in [0.717, 1.165) is 48.4 Å². The molecule has 2 aromatic carbocycles. The number of imidazole rings is 1. The third kappa shape index (κ3) is 4.47. The van der Waals surface area contributed by atoms with Crippen molar-refractivity contribution in [1.82, 2.24) is 14.9 Å². The number of ether oxygens (including phenoxy) is 1. The molecule has 1 aromatic heterocycles. The Balaban J connectivity index is 1.33. The van der Waals surface area contributed by atoms with Crippen molar-refractivity contribution in [3.05, 3.63) is 83.4 Å². The molecule has 0 saturated heterocycles. The van der Waals surface area contributed by atoms with Gasteiger partial charge in [0.15, 0.2) is 0 Å². The molecule has 3 aromatic rings. The van der Waals surface area contributed by atoms with Crippen LogP contribution in [0.4, 0.5) is 0 Å². The van der Waals surface area contributed by atoms with Crippen LogP contribution < -0.4 is 10.1 Å². The van der Waals surface area contributed by atoms with Crippen LogP contribution in [0.15, 0.2) is 61.1 Å². The predicted octanol–water partition coefficient (Wildman–Crippen LogP) is 5.32. The van der Waals surface area contributed by atoms with Gasteiger partial charge in [-0.3, -0.25) is 4.79 Å². The molecule has 2 aliphatic carbocycles. The van der Waals surface area contributed by atoms with Gasteiger partial charge in [-0.2, -0.15) is 0 Å². The molecule has 0 radical (unpaired) electrons. The average Bonchev–Trinajstić information content (AvgIpc) is 3.55. The van der Waals surface area contributed by atoms with Gasteiger partial charge in [-0.05, 0) is 80.3 Å². The fraction of sp³-hybridized carbons (Fsp3) is 0.333. The SMILES string of the molecule is Cc1cn(-c2ccc(C=CC(=O)NC3CCc4ccccc43)cc2OC2CCCC2)cn1. The summed E-state index contributed by atoms with van der Waals surface area (Å²) in [4.78, 5) is 16.9. The van der Waals surface area contributed by atoms with Gasteiger partial charge >= 0.3 is 0 Å².